The summed E-state index contributed by atoms with van der Waals surface area (Å²) in [6.45, 7) is 3.11. The molecule has 0 amide bonds. The molecule has 0 aromatic heterocycles. The quantitative estimate of drug-likeness (QED) is 0.854. The summed E-state index contributed by atoms with van der Waals surface area (Å²) in [7, 11) is 1.69. The molecule has 92 valence electrons. The molecule has 1 unspecified atom stereocenters. The van der Waals surface area contributed by atoms with Crippen LogP contribution in [0.15, 0.2) is 24.3 Å². The number of rotatable bonds is 2. The Labute approximate surface area is 117 Å². The highest BCUT2D eigenvalue weighted by Crippen LogP contribution is 2.17. The highest BCUT2D eigenvalue weighted by atomic mass is 79.9. The average Bonchev–Trinajstić information content (AvgIpc) is 2.30. The van der Waals surface area contributed by atoms with Gasteiger partial charge in [0.1, 0.15) is 5.75 Å². The second-order valence-corrected chi connectivity index (χ2v) is 3.48. The summed E-state index contributed by atoms with van der Waals surface area (Å²) in [5.41, 5.74) is 1.32. The Hall–Kier alpha value is -0.100. The lowest BCUT2D eigenvalue weighted by Crippen LogP contribution is -2.42. The zero-order valence-corrected chi connectivity index (χ0v) is 12.7. The third-order valence-electron chi connectivity index (χ3n) is 2.56. The van der Waals surface area contributed by atoms with E-state index in [1.54, 1.807) is 7.11 Å². The molecule has 16 heavy (non-hydrogen) atoms. The predicted molar refractivity (Wildman–Crippen MR) is 77.3 cm³/mol. The minimum absolute atomic E-state index is 0. The van der Waals surface area contributed by atoms with Crippen molar-refractivity contribution in [3.8, 4) is 5.75 Å². The number of ether oxygens (including phenoxy) is 1. The average molecular weight is 354 g/mol. The Kier molecular flexibility index (Phi) is 8.01. The molecule has 1 aliphatic heterocycles. The highest BCUT2D eigenvalue weighted by Gasteiger charge is 2.13. The van der Waals surface area contributed by atoms with Crippen LogP contribution < -0.4 is 15.4 Å². The molecule has 0 saturated carbocycles. The lowest BCUT2D eigenvalue weighted by Gasteiger charge is -2.24. The van der Waals surface area contributed by atoms with E-state index in [9.17, 15) is 0 Å². The minimum Gasteiger partial charge on any atom is -0.497 e. The van der Waals surface area contributed by atoms with Crippen LogP contribution in [0.1, 0.15) is 11.6 Å². The number of benzene rings is 1. The fourth-order valence-corrected chi connectivity index (χ4v) is 1.73. The maximum Gasteiger partial charge on any atom is 0.118 e. The number of piperazine rings is 1. The van der Waals surface area contributed by atoms with Gasteiger partial charge in [-0.15, -0.1) is 34.0 Å². The minimum atomic E-state index is 0. The molecular weight excluding hydrogens is 336 g/mol. The SMILES string of the molecule is Br.Br.COc1ccc(C2CNCCN2)cc1. The van der Waals surface area contributed by atoms with E-state index in [0.29, 0.717) is 6.04 Å². The second kappa shape index (κ2) is 8.06. The van der Waals surface area contributed by atoms with Crippen LogP contribution in [-0.4, -0.2) is 26.7 Å². The maximum absolute atomic E-state index is 5.12. The Morgan fingerprint density at radius 1 is 1.12 bits per heavy atom. The fraction of sp³-hybridized carbons (Fsp3) is 0.455. The summed E-state index contributed by atoms with van der Waals surface area (Å²) in [5, 5.41) is 6.84. The first-order valence-electron chi connectivity index (χ1n) is 4.98. The van der Waals surface area contributed by atoms with Gasteiger partial charge in [-0.3, -0.25) is 0 Å². The zero-order valence-electron chi connectivity index (χ0n) is 9.23. The second-order valence-electron chi connectivity index (χ2n) is 3.48. The highest BCUT2D eigenvalue weighted by molar-refractivity contribution is 8.93. The normalized spacial score (nSPS) is 19.2. The van der Waals surface area contributed by atoms with E-state index in [2.05, 4.69) is 22.8 Å². The predicted octanol–water partition coefficient (Wildman–Crippen LogP) is 2.08. The summed E-state index contributed by atoms with van der Waals surface area (Å²) in [4.78, 5) is 0. The van der Waals surface area contributed by atoms with Gasteiger partial charge < -0.3 is 15.4 Å². The van der Waals surface area contributed by atoms with Gasteiger partial charge >= 0.3 is 0 Å². The van der Waals surface area contributed by atoms with Crippen LogP contribution in [0.5, 0.6) is 5.75 Å². The Bertz CT molecular complexity index is 287. The Balaban J connectivity index is 0.00000112. The molecule has 0 radical (unpaired) electrons. The Morgan fingerprint density at radius 3 is 2.31 bits per heavy atom. The van der Waals surface area contributed by atoms with Gasteiger partial charge in [-0.1, -0.05) is 12.1 Å². The first-order valence-corrected chi connectivity index (χ1v) is 4.98. The van der Waals surface area contributed by atoms with Crippen molar-refractivity contribution in [2.24, 2.45) is 0 Å². The van der Waals surface area contributed by atoms with Gasteiger partial charge in [-0.25, -0.2) is 0 Å². The van der Waals surface area contributed by atoms with Crippen molar-refractivity contribution in [3.63, 3.8) is 0 Å². The molecule has 0 aliphatic carbocycles. The van der Waals surface area contributed by atoms with Crippen molar-refractivity contribution in [2.45, 2.75) is 6.04 Å². The zero-order chi connectivity index (χ0) is 9.80. The summed E-state index contributed by atoms with van der Waals surface area (Å²) < 4.78 is 5.12. The molecule has 1 saturated heterocycles. The summed E-state index contributed by atoms with van der Waals surface area (Å²) >= 11 is 0. The third-order valence-corrected chi connectivity index (χ3v) is 2.56. The standard InChI is InChI=1S/C11H16N2O.2BrH/c1-14-10-4-2-9(3-5-10)11-8-12-6-7-13-11;;/h2-5,11-13H,6-8H2,1H3;2*1H. The van der Waals surface area contributed by atoms with Crippen LogP contribution in [0.4, 0.5) is 0 Å². The van der Waals surface area contributed by atoms with E-state index in [4.69, 9.17) is 4.74 Å². The van der Waals surface area contributed by atoms with Crippen molar-refractivity contribution in [1.29, 1.82) is 0 Å². The van der Waals surface area contributed by atoms with E-state index in [1.807, 2.05) is 12.1 Å². The molecule has 1 aliphatic rings. The van der Waals surface area contributed by atoms with Gasteiger partial charge in [0.2, 0.25) is 0 Å². The lowest BCUT2D eigenvalue weighted by molar-refractivity contribution is 0.412. The van der Waals surface area contributed by atoms with E-state index >= 15 is 0 Å². The monoisotopic (exact) mass is 352 g/mol. The lowest BCUT2D eigenvalue weighted by atomic mass is 10.1. The van der Waals surface area contributed by atoms with Crippen LogP contribution in [0.3, 0.4) is 0 Å². The molecule has 3 nitrogen and oxygen atoms in total. The molecule has 2 rings (SSSR count). The summed E-state index contributed by atoms with van der Waals surface area (Å²) in [6, 6.07) is 8.68. The molecule has 1 aromatic carbocycles. The van der Waals surface area contributed by atoms with Crippen molar-refractivity contribution in [3.05, 3.63) is 29.8 Å². The molecular formula is C11H18Br2N2O. The van der Waals surface area contributed by atoms with Gasteiger partial charge in [0.25, 0.3) is 0 Å². The van der Waals surface area contributed by atoms with E-state index in [-0.39, 0.29) is 34.0 Å². The number of nitrogens with one attached hydrogen (secondary N) is 2. The van der Waals surface area contributed by atoms with Gasteiger partial charge in [-0.2, -0.15) is 0 Å². The molecule has 1 atom stereocenters. The molecule has 5 heteroatoms. The van der Waals surface area contributed by atoms with Crippen LogP contribution in [0.2, 0.25) is 0 Å². The van der Waals surface area contributed by atoms with Crippen LogP contribution >= 0.6 is 34.0 Å². The van der Waals surface area contributed by atoms with Gasteiger partial charge in [0, 0.05) is 25.7 Å². The first kappa shape index (κ1) is 15.9. The third kappa shape index (κ3) is 4.05. The van der Waals surface area contributed by atoms with Crippen LogP contribution in [-0.2, 0) is 0 Å². The van der Waals surface area contributed by atoms with Crippen molar-refractivity contribution in [2.75, 3.05) is 26.7 Å². The van der Waals surface area contributed by atoms with E-state index < -0.39 is 0 Å². The molecule has 2 N–H and O–H groups in total. The molecule has 0 bridgehead atoms. The molecule has 1 heterocycles. The molecule has 1 fully saturated rings. The van der Waals surface area contributed by atoms with E-state index in [1.165, 1.54) is 5.56 Å². The van der Waals surface area contributed by atoms with Gasteiger partial charge in [-0.05, 0) is 17.7 Å². The van der Waals surface area contributed by atoms with Crippen molar-refractivity contribution >= 4 is 34.0 Å². The number of halogens is 2. The number of hydrogen-bond acceptors (Lipinski definition) is 3. The van der Waals surface area contributed by atoms with Crippen LogP contribution in [0.25, 0.3) is 0 Å². The summed E-state index contributed by atoms with van der Waals surface area (Å²) in [5.74, 6) is 0.914. The molecule has 1 aromatic rings. The van der Waals surface area contributed by atoms with Crippen molar-refractivity contribution < 1.29 is 4.74 Å². The number of methoxy groups -OCH3 is 1. The Morgan fingerprint density at radius 2 is 1.81 bits per heavy atom. The van der Waals surface area contributed by atoms with Gasteiger partial charge in [0.15, 0.2) is 0 Å². The first-order chi connectivity index (χ1) is 6.90. The maximum atomic E-state index is 5.12. The van der Waals surface area contributed by atoms with Gasteiger partial charge in [0.05, 0.1) is 7.11 Å². The van der Waals surface area contributed by atoms with E-state index in [0.717, 1.165) is 25.4 Å². The summed E-state index contributed by atoms with van der Waals surface area (Å²) in [6.07, 6.45) is 0. The topological polar surface area (TPSA) is 33.3 Å². The fourth-order valence-electron chi connectivity index (χ4n) is 1.73. The smallest absolute Gasteiger partial charge is 0.118 e. The van der Waals surface area contributed by atoms with Crippen molar-refractivity contribution in [1.82, 2.24) is 10.6 Å². The molecule has 0 spiro atoms. The largest absolute Gasteiger partial charge is 0.497 e. The van der Waals surface area contributed by atoms with Crippen LogP contribution in [0, 0.1) is 0 Å². The number of hydrogen-bond donors (Lipinski definition) is 2.